The molecule has 0 amide bonds. The van der Waals surface area contributed by atoms with Gasteiger partial charge in [0.25, 0.3) is 0 Å². The fraction of sp³-hybridized carbons (Fsp3) is 0.333. The van der Waals surface area contributed by atoms with Crippen molar-refractivity contribution in [3.63, 3.8) is 0 Å². The van der Waals surface area contributed by atoms with Gasteiger partial charge in [0.15, 0.2) is 17.1 Å². The van der Waals surface area contributed by atoms with Crippen LogP contribution in [-0.2, 0) is 12.3 Å². The minimum atomic E-state index is -0.248. The molecule has 2 aromatic carbocycles. The summed E-state index contributed by atoms with van der Waals surface area (Å²) in [6.45, 7) is 8.74. The SMILES string of the molecule is CCn1c(SCc2ccc(Cl)c(Cl)c2)nnc1C(C)Oc1cc(C)c(Cl)c(C)c1. The molecule has 3 rings (SSSR count). The fourth-order valence-electron chi connectivity index (χ4n) is 3.01. The van der Waals surface area contributed by atoms with E-state index in [2.05, 4.69) is 21.7 Å². The van der Waals surface area contributed by atoms with E-state index in [4.69, 9.17) is 39.5 Å². The van der Waals surface area contributed by atoms with E-state index >= 15 is 0 Å². The Balaban J connectivity index is 1.75. The minimum absolute atomic E-state index is 0.248. The normalized spacial score (nSPS) is 12.2. The molecule has 0 aliphatic heterocycles. The van der Waals surface area contributed by atoms with Crippen LogP contribution in [0.2, 0.25) is 15.1 Å². The van der Waals surface area contributed by atoms with Crippen LogP contribution in [0.1, 0.15) is 42.5 Å². The highest BCUT2D eigenvalue weighted by Gasteiger charge is 2.19. The van der Waals surface area contributed by atoms with E-state index in [1.807, 2.05) is 51.1 Å². The highest BCUT2D eigenvalue weighted by Crippen LogP contribution is 2.31. The summed E-state index contributed by atoms with van der Waals surface area (Å²) in [5, 5.41) is 11.5. The Kier molecular flexibility index (Phi) is 7.38. The van der Waals surface area contributed by atoms with Crippen molar-refractivity contribution in [1.29, 1.82) is 0 Å². The Labute approximate surface area is 190 Å². The minimum Gasteiger partial charge on any atom is -0.483 e. The van der Waals surface area contributed by atoms with Gasteiger partial charge in [-0.1, -0.05) is 52.6 Å². The molecule has 1 aromatic heterocycles. The van der Waals surface area contributed by atoms with Gasteiger partial charge in [0, 0.05) is 17.3 Å². The van der Waals surface area contributed by atoms with Gasteiger partial charge in [-0.25, -0.2) is 0 Å². The zero-order valence-corrected chi connectivity index (χ0v) is 19.8. The van der Waals surface area contributed by atoms with Gasteiger partial charge in [-0.3, -0.25) is 0 Å². The first-order valence-electron chi connectivity index (χ1n) is 9.23. The van der Waals surface area contributed by atoms with Crippen LogP contribution >= 0.6 is 46.6 Å². The van der Waals surface area contributed by atoms with E-state index in [0.717, 1.165) is 50.7 Å². The summed E-state index contributed by atoms with van der Waals surface area (Å²) in [5.41, 5.74) is 3.06. The van der Waals surface area contributed by atoms with Gasteiger partial charge in [0.1, 0.15) is 5.75 Å². The van der Waals surface area contributed by atoms with Gasteiger partial charge in [-0.05, 0) is 68.7 Å². The largest absolute Gasteiger partial charge is 0.483 e. The second-order valence-corrected chi connectivity index (χ2v) is 8.89. The lowest BCUT2D eigenvalue weighted by atomic mass is 10.1. The number of aromatic nitrogens is 3. The lowest BCUT2D eigenvalue weighted by molar-refractivity contribution is 0.209. The smallest absolute Gasteiger partial charge is 0.191 e. The molecular formula is C21H22Cl3N3OS. The Bertz CT molecular complexity index is 999. The van der Waals surface area contributed by atoms with Crippen LogP contribution in [0.4, 0.5) is 0 Å². The van der Waals surface area contributed by atoms with Gasteiger partial charge < -0.3 is 9.30 Å². The number of rotatable bonds is 7. The van der Waals surface area contributed by atoms with Crippen molar-refractivity contribution in [3.05, 3.63) is 67.9 Å². The second kappa shape index (κ2) is 9.61. The summed E-state index contributed by atoms with van der Waals surface area (Å²) in [5.74, 6) is 2.28. The van der Waals surface area contributed by atoms with E-state index < -0.39 is 0 Å². The molecule has 0 saturated carbocycles. The van der Waals surface area contributed by atoms with Crippen LogP contribution in [0, 0.1) is 13.8 Å². The number of hydrogen-bond donors (Lipinski definition) is 0. The molecule has 154 valence electrons. The molecule has 0 saturated heterocycles. The van der Waals surface area contributed by atoms with Crippen LogP contribution in [-0.4, -0.2) is 14.8 Å². The predicted molar refractivity (Wildman–Crippen MR) is 122 cm³/mol. The molecular weight excluding hydrogens is 449 g/mol. The topological polar surface area (TPSA) is 39.9 Å². The molecule has 0 radical (unpaired) electrons. The first-order valence-corrected chi connectivity index (χ1v) is 11.3. The monoisotopic (exact) mass is 469 g/mol. The summed E-state index contributed by atoms with van der Waals surface area (Å²) >= 11 is 20.0. The molecule has 1 unspecified atom stereocenters. The standard InChI is InChI=1S/C21H22Cl3N3OS/c1-5-27-20(14(4)28-16-8-12(2)19(24)13(3)9-16)25-26-21(27)29-11-15-6-7-17(22)18(23)10-15/h6-10,14H,5,11H2,1-4H3. The number of thioether (sulfide) groups is 1. The van der Waals surface area contributed by atoms with Crippen molar-refractivity contribution >= 4 is 46.6 Å². The fourth-order valence-corrected chi connectivity index (χ4v) is 4.40. The molecule has 0 N–H and O–H groups in total. The van der Waals surface area contributed by atoms with Crippen LogP contribution < -0.4 is 4.74 Å². The van der Waals surface area contributed by atoms with E-state index in [0.29, 0.717) is 10.0 Å². The molecule has 0 spiro atoms. The van der Waals surface area contributed by atoms with E-state index in [1.165, 1.54) is 0 Å². The zero-order valence-electron chi connectivity index (χ0n) is 16.7. The first-order chi connectivity index (χ1) is 13.8. The molecule has 3 aromatic rings. The number of halogens is 3. The highest BCUT2D eigenvalue weighted by molar-refractivity contribution is 7.98. The maximum absolute atomic E-state index is 6.26. The van der Waals surface area contributed by atoms with Gasteiger partial charge in [0.2, 0.25) is 0 Å². The summed E-state index contributed by atoms with van der Waals surface area (Å²) < 4.78 is 8.21. The summed E-state index contributed by atoms with van der Waals surface area (Å²) in [7, 11) is 0. The molecule has 1 heterocycles. The Morgan fingerprint density at radius 2 is 1.72 bits per heavy atom. The Morgan fingerprint density at radius 3 is 2.34 bits per heavy atom. The van der Waals surface area contributed by atoms with Crippen LogP contribution in [0.25, 0.3) is 0 Å². The predicted octanol–water partition coefficient (Wildman–Crippen LogP) is 7.31. The van der Waals surface area contributed by atoms with Crippen LogP contribution in [0.5, 0.6) is 5.75 Å². The lowest BCUT2D eigenvalue weighted by Gasteiger charge is -2.17. The Morgan fingerprint density at radius 1 is 1.03 bits per heavy atom. The van der Waals surface area contributed by atoms with Crippen molar-refractivity contribution in [1.82, 2.24) is 14.8 Å². The van der Waals surface area contributed by atoms with Gasteiger partial charge >= 0.3 is 0 Å². The molecule has 1 atom stereocenters. The van der Waals surface area contributed by atoms with Gasteiger partial charge in [0.05, 0.1) is 10.0 Å². The van der Waals surface area contributed by atoms with Crippen LogP contribution in [0.15, 0.2) is 35.5 Å². The maximum Gasteiger partial charge on any atom is 0.191 e. The summed E-state index contributed by atoms with van der Waals surface area (Å²) in [4.78, 5) is 0. The van der Waals surface area contributed by atoms with Crippen LogP contribution in [0.3, 0.4) is 0 Å². The first kappa shape index (κ1) is 22.3. The number of benzene rings is 2. The Hall–Kier alpha value is -1.40. The van der Waals surface area contributed by atoms with Gasteiger partial charge in [-0.15, -0.1) is 10.2 Å². The van der Waals surface area contributed by atoms with Crippen molar-refractivity contribution in [2.75, 3.05) is 0 Å². The number of hydrogen-bond acceptors (Lipinski definition) is 4. The molecule has 29 heavy (non-hydrogen) atoms. The molecule has 0 aliphatic rings. The van der Waals surface area contributed by atoms with Gasteiger partial charge in [-0.2, -0.15) is 0 Å². The van der Waals surface area contributed by atoms with Crippen molar-refractivity contribution in [2.45, 2.75) is 51.3 Å². The molecule has 0 aliphatic carbocycles. The molecule has 0 bridgehead atoms. The van der Waals surface area contributed by atoms with E-state index in [-0.39, 0.29) is 6.10 Å². The van der Waals surface area contributed by atoms with Crippen molar-refractivity contribution in [3.8, 4) is 5.75 Å². The average molecular weight is 471 g/mol. The number of nitrogens with zero attached hydrogens (tertiary/aromatic N) is 3. The van der Waals surface area contributed by atoms with E-state index in [9.17, 15) is 0 Å². The third kappa shape index (κ3) is 5.21. The maximum atomic E-state index is 6.26. The van der Waals surface area contributed by atoms with Crippen molar-refractivity contribution < 1.29 is 4.74 Å². The molecule has 4 nitrogen and oxygen atoms in total. The average Bonchev–Trinajstić information content (AvgIpc) is 3.10. The highest BCUT2D eigenvalue weighted by atomic mass is 35.5. The quantitative estimate of drug-likeness (QED) is 0.339. The number of ether oxygens (including phenoxy) is 1. The lowest BCUT2D eigenvalue weighted by Crippen LogP contribution is -2.12. The summed E-state index contributed by atoms with van der Waals surface area (Å²) in [6, 6.07) is 9.53. The van der Waals surface area contributed by atoms with Crippen molar-refractivity contribution in [2.24, 2.45) is 0 Å². The zero-order chi connectivity index (χ0) is 21.1. The van der Waals surface area contributed by atoms with E-state index in [1.54, 1.807) is 11.8 Å². The third-order valence-electron chi connectivity index (χ3n) is 4.50. The second-order valence-electron chi connectivity index (χ2n) is 6.75. The molecule has 0 fully saturated rings. The summed E-state index contributed by atoms with van der Waals surface area (Å²) in [6.07, 6.45) is -0.248. The third-order valence-corrected chi connectivity index (χ3v) is 6.87. The molecule has 8 heteroatoms. The number of aryl methyl sites for hydroxylation is 2.